The van der Waals surface area contributed by atoms with Gasteiger partial charge in [0, 0.05) is 11.6 Å². The first-order valence-corrected chi connectivity index (χ1v) is 5.77. The van der Waals surface area contributed by atoms with Gasteiger partial charge >= 0.3 is 5.97 Å². The van der Waals surface area contributed by atoms with Gasteiger partial charge in [-0.2, -0.15) is 4.98 Å². The number of rotatable bonds is 3. The average Bonchev–Trinajstić information content (AvgIpc) is 2.94. The van der Waals surface area contributed by atoms with E-state index in [9.17, 15) is 9.59 Å². The number of fused-ring (bicyclic) bond motifs is 1. The lowest BCUT2D eigenvalue weighted by molar-refractivity contribution is 0.0695. The number of aromatic carboxylic acids is 1. The number of hydrogen-bond donors (Lipinski definition) is 1. The zero-order chi connectivity index (χ0) is 14.1. The Balaban J connectivity index is 2.27. The first kappa shape index (κ1) is 12.1. The van der Waals surface area contributed by atoms with Gasteiger partial charge in [0.25, 0.3) is 0 Å². The largest absolute Gasteiger partial charge is 0.477 e. The highest BCUT2D eigenvalue weighted by Crippen LogP contribution is 2.13. The maximum Gasteiger partial charge on any atom is 0.341 e. The number of carboxylic acids is 1. The van der Waals surface area contributed by atoms with Crippen molar-refractivity contribution in [2.45, 2.75) is 6.54 Å². The number of carbonyl (C=O) groups is 1. The second-order valence-electron chi connectivity index (χ2n) is 4.17. The highest BCUT2D eigenvalue weighted by molar-refractivity contribution is 5.92. The average molecular weight is 271 g/mol. The van der Waals surface area contributed by atoms with Crippen molar-refractivity contribution in [1.82, 2.24) is 14.7 Å². The summed E-state index contributed by atoms with van der Waals surface area (Å²) in [7, 11) is 0. The van der Waals surface area contributed by atoms with Gasteiger partial charge in [-0.3, -0.25) is 4.79 Å². The predicted octanol–water partition coefficient (Wildman–Crippen LogP) is 1.13. The van der Waals surface area contributed by atoms with Gasteiger partial charge in [0.2, 0.25) is 11.8 Å². The first-order chi connectivity index (χ1) is 9.66. The summed E-state index contributed by atoms with van der Waals surface area (Å²) < 4.78 is 6.26. The van der Waals surface area contributed by atoms with Crippen LogP contribution >= 0.6 is 0 Å². The van der Waals surface area contributed by atoms with E-state index in [1.807, 2.05) is 0 Å². The molecule has 2 aromatic heterocycles. The Morgan fingerprint density at radius 3 is 2.85 bits per heavy atom. The van der Waals surface area contributed by atoms with Crippen LogP contribution in [0.25, 0.3) is 10.9 Å². The van der Waals surface area contributed by atoms with Crippen molar-refractivity contribution in [2.75, 3.05) is 0 Å². The summed E-state index contributed by atoms with van der Waals surface area (Å²) in [5, 5.41) is 13.1. The molecule has 0 fully saturated rings. The smallest absolute Gasteiger partial charge is 0.341 e. The van der Waals surface area contributed by atoms with Crippen molar-refractivity contribution >= 4 is 16.9 Å². The van der Waals surface area contributed by atoms with Gasteiger partial charge in [-0.25, -0.2) is 4.79 Å². The molecule has 0 aliphatic heterocycles. The fourth-order valence-corrected chi connectivity index (χ4v) is 2.04. The molecule has 0 bridgehead atoms. The summed E-state index contributed by atoms with van der Waals surface area (Å²) >= 11 is 0. The minimum Gasteiger partial charge on any atom is -0.477 e. The van der Waals surface area contributed by atoms with Crippen LogP contribution in [0, 0.1) is 0 Å². The maximum atomic E-state index is 12.1. The minimum absolute atomic E-state index is 0.220. The van der Waals surface area contributed by atoms with Crippen LogP contribution < -0.4 is 5.43 Å². The van der Waals surface area contributed by atoms with Crippen LogP contribution in [-0.2, 0) is 6.54 Å². The number of pyridine rings is 1. The molecule has 0 radical (unpaired) electrons. The summed E-state index contributed by atoms with van der Waals surface area (Å²) in [4.78, 5) is 27.1. The molecule has 7 nitrogen and oxygen atoms in total. The summed E-state index contributed by atoms with van der Waals surface area (Å²) in [6.45, 7) is 0.220. The summed E-state index contributed by atoms with van der Waals surface area (Å²) in [5.41, 5.74) is -0.169. The predicted molar refractivity (Wildman–Crippen MR) is 68.6 cm³/mol. The van der Waals surface area contributed by atoms with Crippen molar-refractivity contribution in [3.05, 3.63) is 58.5 Å². The highest BCUT2D eigenvalue weighted by atomic mass is 16.5. The van der Waals surface area contributed by atoms with Crippen LogP contribution in [0.3, 0.4) is 0 Å². The van der Waals surface area contributed by atoms with Gasteiger partial charge in [0.05, 0.1) is 12.1 Å². The zero-order valence-electron chi connectivity index (χ0n) is 10.2. The molecule has 3 rings (SSSR count). The third-order valence-corrected chi connectivity index (χ3v) is 2.94. The van der Waals surface area contributed by atoms with Crippen LogP contribution in [0.4, 0.5) is 0 Å². The molecular formula is C13H9N3O4. The van der Waals surface area contributed by atoms with E-state index in [0.29, 0.717) is 16.7 Å². The van der Waals surface area contributed by atoms with Gasteiger partial charge in [-0.15, -0.1) is 0 Å². The van der Waals surface area contributed by atoms with E-state index in [0.717, 1.165) is 0 Å². The minimum atomic E-state index is -1.26. The Bertz CT molecular complexity index is 836. The SMILES string of the molecule is O=C(O)c1cn(Cc2ncon2)c2ccccc2c1=O. The summed E-state index contributed by atoms with van der Waals surface area (Å²) in [5.74, 6) is -0.863. The van der Waals surface area contributed by atoms with E-state index >= 15 is 0 Å². The van der Waals surface area contributed by atoms with E-state index in [1.54, 1.807) is 28.8 Å². The Morgan fingerprint density at radius 2 is 2.15 bits per heavy atom. The Labute approximate surface area is 112 Å². The molecule has 0 saturated heterocycles. The van der Waals surface area contributed by atoms with E-state index < -0.39 is 11.4 Å². The molecule has 0 aliphatic carbocycles. The van der Waals surface area contributed by atoms with Crippen molar-refractivity contribution < 1.29 is 14.4 Å². The number of carboxylic acid groups (broad SMARTS) is 1. The van der Waals surface area contributed by atoms with Gasteiger partial charge in [0.1, 0.15) is 5.56 Å². The monoisotopic (exact) mass is 271 g/mol. The normalized spacial score (nSPS) is 10.8. The molecule has 0 aliphatic rings. The second kappa shape index (κ2) is 4.61. The lowest BCUT2D eigenvalue weighted by Gasteiger charge is -2.10. The van der Waals surface area contributed by atoms with Crippen LogP contribution in [0.15, 0.2) is 46.2 Å². The third kappa shape index (κ3) is 1.95. The molecule has 0 unspecified atom stereocenters. The van der Waals surface area contributed by atoms with E-state index in [4.69, 9.17) is 5.11 Å². The molecule has 0 saturated carbocycles. The molecule has 1 N–H and O–H groups in total. The molecule has 7 heteroatoms. The summed E-state index contributed by atoms with van der Waals surface area (Å²) in [6.07, 6.45) is 2.49. The molecular weight excluding hydrogens is 262 g/mol. The molecule has 20 heavy (non-hydrogen) atoms. The standard InChI is InChI=1S/C13H9N3O4/c17-12-8-3-1-2-4-10(8)16(5-9(12)13(18)19)6-11-14-7-20-15-11/h1-5,7H,6H2,(H,18,19). The number of hydrogen-bond acceptors (Lipinski definition) is 5. The number of aromatic nitrogens is 3. The fourth-order valence-electron chi connectivity index (χ4n) is 2.04. The quantitative estimate of drug-likeness (QED) is 0.766. The van der Waals surface area contributed by atoms with Crippen molar-refractivity contribution in [1.29, 1.82) is 0 Å². The van der Waals surface area contributed by atoms with Gasteiger partial charge < -0.3 is 14.2 Å². The Kier molecular flexibility index (Phi) is 2.79. The second-order valence-corrected chi connectivity index (χ2v) is 4.17. The zero-order valence-corrected chi connectivity index (χ0v) is 10.2. The van der Waals surface area contributed by atoms with Crippen molar-refractivity contribution in [3.8, 4) is 0 Å². The Hall–Kier alpha value is -2.96. The van der Waals surface area contributed by atoms with Crippen molar-refractivity contribution in [3.63, 3.8) is 0 Å². The molecule has 1 aromatic carbocycles. The molecule has 0 atom stereocenters. The van der Waals surface area contributed by atoms with Crippen LogP contribution in [0.1, 0.15) is 16.2 Å². The first-order valence-electron chi connectivity index (χ1n) is 5.77. The molecule has 0 amide bonds. The van der Waals surface area contributed by atoms with E-state index in [-0.39, 0.29) is 12.1 Å². The Morgan fingerprint density at radius 1 is 1.35 bits per heavy atom. The van der Waals surface area contributed by atoms with Gasteiger partial charge in [0.15, 0.2) is 5.82 Å². The fraction of sp³-hybridized carbons (Fsp3) is 0.0769. The molecule has 2 heterocycles. The van der Waals surface area contributed by atoms with Crippen LogP contribution in [0.5, 0.6) is 0 Å². The highest BCUT2D eigenvalue weighted by Gasteiger charge is 2.14. The lowest BCUT2D eigenvalue weighted by Crippen LogP contribution is -2.19. The lowest BCUT2D eigenvalue weighted by atomic mass is 10.1. The number of benzene rings is 1. The maximum absolute atomic E-state index is 12.1. The molecule has 0 spiro atoms. The number of nitrogens with zero attached hydrogens (tertiary/aromatic N) is 3. The van der Waals surface area contributed by atoms with Gasteiger partial charge in [-0.05, 0) is 12.1 Å². The number of para-hydroxylation sites is 1. The van der Waals surface area contributed by atoms with Crippen LogP contribution in [0.2, 0.25) is 0 Å². The van der Waals surface area contributed by atoms with E-state index in [1.165, 1.54) is 12.6 Å². The van der Waals surface area contributed by atoms with Crippen molar-refractivity contribution in [2.24, 2.45) is 0 Å². The van der Waals surface area contributed by atoms with Gasteiger partial charge in [-0.1, -0.05) is 17.3 Å². The topological polar surface area (TPSA) is 98.2 Å². The molecule has 3 aromatic rings. The molecule has 100 valence electrons. The van der Waals surface area contributed by atoms with Crippen LogP contribution in [-0.4, -0.2) is 25.8 Å². The third-order valence-electron chi connectivity index (χ3n) is 2.94. The summed E-state index contributed by atoms with van der Waals surface area (Å²) in [6, 6.07) is 6.79. The van der Waals surface area contributed by atoms with E-state index in [2.05, 4.69) is 14.7 Å².